The van der Waals surface area contributed by atoms with E-state index >= 15 is 0 Å². The number of carbonyl (C=O) groups is 1. The molecule has 1 aliphatic carbocycles. The molecule has 1 N–H and O–H groups in total. The highest BCUT2D eigenvalue weighted by atomic mass is 35.5. The van der Waals surface area contributed by atoms with Gasteiger partial charge in [-0.05, 0) is 36.8 Å². The third-order valence-corrected chi connectivity index (χ3v) is 3.54. The van der Waals surface area contributed by atoms with Crippen LogP contribution in [-0.4, -0.2) is 11.1 Å². The van der Waals surface area contributed by atoms with Crippen LogP contribution >= 0.6 is 11.6 Å². The summed E-state index contributed by atoms with van der Waals surface area (Å²) in [5.41, 5.74) is 1.06. The van der Waals surface area contributed by atoms with Crippen molar-refractivity contribution >= 4 is 17.6 Å². The average molecular weight is 225 g/mol. The first-order valence-electron chi connectivity index (χ1n) is 5.14. The number of carboxylic acids is 1. The molecule has 0 heterocycles. The Balaban J connectivity index is 2.04. The van der Waals surface area contributed by atoms with Gasteiger partial charge >= 0.3 is 5.97 Å². The standard InChI is InChI=1S/C12H13ClO2/c13-11-4-2-1-3-9(11)7-8-5-6-10(8)12(14)15/h1-4,8,10H,5-7H2,(H,14,15). The highest BCUT2D eigenvalue weighted by Crippen LogP contribution is 2.37. The minimum Gasteiger partial charge on any atom is -0.481 e. The van der Waals surface area contributed by atoms with Gasteiger partial charge in [-0.1, -0.05) is 29.8 Å². The number of aliphatic carboxylic acids is 1. The first kappa shape index (κ1) is 10.5. The lowest BCUT2D eigenvalue weighted by atomic mass is 9.71. The van der Waals surface area contributed by atoms with Crippen molar-refractivity contribution in [1.29, 1.82) is 0 Å². The second-order valence-electron chi connectivity index (χ2n) is 4.08. The molecule has 2 atom stereocenters. The summed E-state index contributed by atoms with van der Waals surface area (Å²) in [6.45, 7) is 0. The van der Waals surface area contributed by atoms with Gasteiger partial charge in [-0.15, -0.1) is 0 Å². The molecule has 0 spiro atoms. The van der Waals surface area contributed by atoms with Crippen molar-refractivity contribution in [2.75, 3.05) is 0 Å². The van der Waals surface area contributed by atoms with Crippen molar-refractivity contribution in [2.24, 2.45) is 11.8 Å². The normalized spacial score (nSPS) is 24.6. The third kappa shape index (κ3) is 2.15. The summed E-state index contributed by atoms with van der Waals surface area (Å²) in [5.74, 6) is -0.568. The van der Waals surface area contributed by atoms with Crippen LogP contribution in [0.25, 0.3) is 0 Å². The molecular weight excluding hydrogens is 212 g/mol. The van der Waals surface area contributed by atoms with Crippen LogP contribution in [0.4, 0.5) is 0 Å². The summed E-state index contributed by atoms with van der Waals surface area (Å²) in [5, 5.41) is 9.66. The molecule has 2 rings (SSSR count). The summed E-state index contributed by atoms with van der Waals surface area (Å²) in [7, 11) is 0. The van der Waals surface area contributed by atoms with Gasteiger partial charge in [0.1, 0.15) is 0 Å². The van der Waals surface area contributed by atoms with Crippen molar-refractivity contribution in [3.63, 3.8) is 0 Å². The van der Waals surface area contributed by atoms with E-state index in [1.165, 1.54) is 0 Å². The zero-order valence-electron chi connectivity index (χ0n) is 8.32. The van der Waals surface area contributed by atoms with Gasteiger partial charge in [0, 0.05) is 5.02 Å². The van der Waals surface area contributed by atoms with Crippen molar-refractivity contribution < 1.29 is 9.90 Å². The smallest absolute Gasteiger partial charge is 0.306 e. The molecule has 1 aliphatic rings. The summed E-state index contributed by atoms with van der Waals surface area (Å²) in [4.78, 5) is 10.8. The van der Waals surface area contributed by atoms with Gasteiger partial charge in [-0.25, -0.2) is 0 Å². The SMILES string of the molecule is O=C(O)C1CCC1Cc1ccccc1Cl. The van der Waals surface area contributed by atoms with Crippen molar-refractivity contribution in [1.82, 2.24) is 0 Å². The van der Waals surface area contributed by atoms with Gasteiger partial charge in [-0.2, -0.15) is 0 Å². The predicted octanol–water partition coefficient (Wildman–Crippen LogP) is 2.99. The van der Waals surface area contributed by atoms with Gasteiger partial charge in [0.2, 0.25) is 0 Å². The second kappa shape index (κ2) is 4.23. The van der Waals surface area contributed by atoms with Crippen LogP contribution in [0.2, 0.25) is 5.02 Å². The van der Waals surface area contributed by atoms with Gasteiger partial charge in [0.25, 0.3) is 0 Å². The lowest BCUT2D eigenvalue weighted by molar-refractivity contribution is -0.147. The van der Waals surface area contributed by atoms with Crippen molar-refractivity contribution in [3.8, 4) is 0 Å². The molecule has 1 aromatic carbocycles. The number of rotatable bonds is 3. The zero-order chi connectivity index (χ0) is 10.8. The summed E-state index contributed by atoms with van der Waals surface area (Å²) in [6.07, 6.45) is 2.60. The minimum absolute atomic E-state index is 0.165. The topological polar surface area (TPSA) is 37.3 Å². The summed E-state index contributed by atoms with van der Waals surface area (Å²) < 4.78 is 0. The van der Waals surface area contributed by atoms with Crippen molar-refractivity contribution in [3.05, 3.63) is 34.9 Å². The highest BCUT2D eigenvalue weighted by Gasteiger charge is 2.36. The van der Waals surface area contributed by atoms with E-state index in [-0.39, 0.29) is 11.8 Å². The minimum atomic E-state index is -0.668. The fraction of sp³-hybridized carbons (Fsp3) is 0.417. The van der Waals surface area contributed by atoms with Crippen LogP contribution in [0.15, 0.2) is 24.3 Å². The Morgan fingerprint density at radius 3 is 2.67 bits per heavy atom. The molecule has 0 radical (unpaired) electrons. The summed E-state index contributed by atoms with van der Waals surface area (Å²) >= 11 is 6.03. The van der Waals surface area contributed by atoms with Crippen LogP contribution in [0, 0.1) is 11.8 Å². The quantitative estimate of drug-likeness (QED) is 0.857. The number of hydrogen-bond acceptors (Lipinski definition) is 1. The monoisotopic (exact) mass is 224 g/mol. The van der Waals surface area contributed by atoms with Gasteiger partial charge in [0.15, 0.2) is 0 Å². The van der Waals surface area contributed by atoms with E-state index in [0.29, 0.717) is 0 Å². The molecule has 0 amide bonds. The van der Waals surface area contributed by atoms with Gasteiger partial charge in [0.05, 0.1) is 5.92 Å². The summed E-state index contributed by atoms with van der Waals surface area (Å²) in [6, 6.07) is 7.65. The fourth-order valence-electron chi connectivity index (χ4n) is 2.08. The average Bonchev–Trinajstić information content (AvgIpc) is 2.13. The van der Waals surface area contributed by atoms with E-state index in [1.807, 2.05) is 24.3 Å². The number of hydrogen-bond donors (Lipinski definition) is 1. The molecular formula is C12H13ClO2. The highest BCUT2D eigenvalue weighted by molar-refractivity contribution is 6.31. The van der Waals surface area contributed by atoms with E-state index in [4.69, 9.17) is 16.7 Å². The van der Waals surface area contributed by atoms with Gasteiger partial charge in [-0.3, -0.25) is 4.79 Å². The lowest BCUT2D eigenvalue weighted by Crippen LogP contribution is -2.34. The molecule has 2 unspecified atom stereocenters. The molecule has 1 saturated carbocycles. The van der Waals surface area contributed by atoms with Crippen LogP contribution < -0.4 is 0 Å². The Kier molecular flexibility index (Phi) is 2.96. The number of carboxylic acid groups (broad SMARTS) is 1. The van der Waals surface area contributed by atoms with E-state index in [9.17, 15) is 4.79 Å². The Labute approximate surface area is 93.9 Å². The molecule has 1 aromatic rings. The Bertz CT molecular complexity index is 376. The van der Waals surface area contributed by atoms with Crippen molar-refractivity contribution in [2.45, 2.75) is 19.3 Å². The predicted molar refractivity (Wildman–Crippen MR) is 59.0 cm³/mol. The Hall–Kier alpha value is -1.02. The number of benzene rings is 1. The molecule has 0 aromatic heterocycles. The first-order chi connectivity index (χ1) is 7.18. The molecule has 0 saturated heterocycles. The first-order valence-corrected chi connectivity index (χ1v) is 5.52. The fourth-order valence-corrected chi connectivity index (χ4v) is 2.30. The van der Waals surface area contributed by atoms with Crippen LogP contribution in [-0.2, 0) is 11.2 Å². The molecule has 3 heteroatoms. The lowest BCUT2D eigenvalue weighted by Gasteiger charge is -2.33. The molecule has 1 fully saturated rings. The Morgan fingerprint density at radius 1 is 1.40 bits per heavy atom. The third-order valence-electron chi connectivity index (χ3n) is 3.17. The van der Waals surface area contributed by atoms with Gasteiger partial charge < -0.3 is 5.11 Å². The van der Waals surface area contributed by atoms with Crippen LogP contribution in [0.3, 0.4) is 0 Å². The van der Waals surface area contributed by atoms with E-state index in [2.05, 4.69) is 0 Å². The molecule has 15 heavy (non-hydrogen) atoms. The van der Waals surface area contributed by atoms with Crippen LogP contribution in [0.5, 0.6) is 0 Å². The van der Waals surface area contributed by atoms with E-state index < -0.39 is 5.97 Å². The van der Waals surface area contributed by atoms with E-state index in [1.54, 1.807) is 0 Å². The zero-order valence-corrected chi connectivity index (χ0v) is 9.07. The maximum absolute atomic E-state index is 10.8. The molecule has 0 bridgehead atoms. The molecule has 0 aliphatic heterocycles. The largest absolute Gasteiger partial charge is 0.481 e. The molecule has 80 valence electrons. The second-order valence-corrected chi connectivity index (χ2v) is 4.48. The van der Waals surface area contributed by atoms with E-state index in [0.717, 1.165) is 29.8 Å². The Morgan fingerprint density at radius 2 is 2.13 bits per heavy atom. The maximum atomic E-state index is 10.8. The maximum Gasteiger partial charge on any atom is 0.306 e. The molecule has 2 nitrogen and oxygen atoms in total. The number of halogens is 1. The van der Waals surface area contributed by atoms with Crippen LogP contribution in [0.1, 0.15) is 18.4 Å².